The molecular formula is C7H8BrCl2N3. The van der Waals surface area contributed by atoms with Crippen LogP contribution in [0.25, 0.3) is 0 Å². The van der Waals surface area contributed by atoms with E-state index in [1.54, 1.807) is 0 Å². The lowest BCUT2D eigenvalue weighted by Crippen LogP contribution is -2.13. The van der Waals surface area contributed by atoms with Crippen molar-refractivity contribution in [2.45, 2.75) is 6.54 Å². The van der Waals surface area contributed by atoms with Crippen LogP contribution in [0.5, 0.6) is 0 Å². The molecule has 6 heteroatoms. The normalized spacial score (nSPS) is 10.9. The minimum absolute atomic E-state index is 0.344. The van der Waals surface area contributed by atoms with Gasteiger partial charge in [-0.05, 0) is 30.0 Å². The summed E-state index contributed by atoms with van der Waals surface area (Å²) in [6.45, 7) is 0.618. The van der Waals surface area contributed by atoms with Crippen molar-refractivity contribution >= 4 is 39.1 Å². The van der Waals surface area contributed by atoms with Crippen LogP contribution < -0.4 is 0 Å². The highest BCUT2D eigenvalue weighted by molar-refractivity contribution is 9.10. The number of halogens is 3. The van der Waals surface area contributed by atoms with Gasteiger partial charge in [-0.15, -0.1) is 0 Å². The molecule has 0 aliphatic carbocycles. The molecule has 72 valence electrons. The zero-order valence-corrected chi connectivity index (χ0v) is 10.3. The maximum Gasteiger partial charge on any atom is 0.148 e. The zero-order chi connectivity index (χ0) is 10.0. The molecule has 1 aromatic heterocycles. The minimum atomic E-state index is 0.344. The molecule has 0 amide bonds. The molecule has 0 spiro atoms. The minimum Gasteiger partial charge on any atom is -0.302 e. The predicted molar refractivity (Wildman–Crippen MR) is 57.1 cm³/mol. The molecule has 0 fully saturated rings. The SMILES string of the molecule is CN(C)Cc1nc(Cl)c(Br)c(Cl)n1. The van der Waals surface area contributed by atoms with Gasteiger partial charge in [-0.3, -0.25) is 0 Å². The average Bonchev–Trinajstić information content (AvgIpc) is 1.98. The monoisotopic (exact) mass is 283 g/mol. The molecule has 0 aliphatic rings. The van der Waals surface area contributed by atoms with Crippen molar-refractivity contribution in [2.24, 2.45) is 0 Å². The highest BCUT2D eigenvalue weighted by atomic mass is 79.9. The second-order valence-corrected chi connectivity index (χ2v) is 4.28. The molecule has 3 nitrogen and oxygen atoms in total. The van der Waals surface area contributed by atoms with E-state index in [1.165, 1.54) is 0 Å². The Labute approximate surface area is 95.2 Å². The first-order valence-corrected chi connectivity index (χ1v) is 5.07. The third kappa shape index (κ3) is 3.06. The van der Waals surface area contributed by atoms with Gasteiger partial charge in [0.15, 0.2) is 0 Å². The van der Waals surface area contributed by atoms with Crippen LogP contribution in [-0.2, 0) is 6.54 Å². The van der Waals surface area contributed by atoms with E-state index in [2.05, 4.69) is 25.9 Å². The summed E-state index contributed by atoms with van der Waals surface area (Å²) in [7, 11) is 3.85. The number of aromatic nitrogens is 2. The van der Waals surface area contributed by atoms with Gasteiger partial charge >= 0.3 is 0 Å². The lowest BCUT2D eigenvalue weighted by atomic mass is 10.5. The second-order valence-electron chi connectivity index (χ2n) is 2.77. The molecular weight excluding hydrogens is 277 g/mol. The largest absolute Gasteiger partial charge is 0.302 e. The summed E-state index contributed by atoms with van der Waals surface area (Å²) in [6, 6.07) is 0. The number of hydrogen-bond donors (Lipinski definition) is 0. The summed E-state index contributed by atoms with van der Waals surface area (Å²) in [5, 5.41) is 0.689. The number of rotatable bonds is 2. The molecule has 0 aromatic carbocycles. The van der Waals surface area contributed by atoms with Gasteiger partial charge in [0.1, 0.15) is 16.1 Å². The predicted octanol–water partition coefficient (Wildman–Crippen LogP) is 2.61. The van der Waals surface area contributed by atoms with Crippen molar-refractivity contribution in [1.82, 2.24) is 14.9 Å². The lowest BCUT2D eigenvalue weighted by Gasteiger charge is -2.08. The average molecular weight is 285 g/mol. The first-order valence-electron chi connectivity index (χ1n) is 3.53. The summed E-state index contributed by atoms with van der Waals surface area (Å²) < 4.78 is 0.540. The van der Waals surface area contributed by atoms with E-state index >= 15 is 0 Å². The van der Waals surface area contributed by atoms with Crippen molar-refractivity contribution < 1.29 is 0 Å². The van der Waals surface area contributed by atoms with E-state index in [9.17, 15) is 0 Å². The second kappa shape index (κ2) is 4.55. The topological polar surface area (TPSA) is 29.0 Å². The van der Waals surface area contributed by atoms with Crippen molar-refractivity contribution in [3.63, 3.8) is 0 Å². The fraction of sp³-hybridized carbons (Fsp3) is 0.429. The van der Waals surface area contributed by atoms with Crippen LogP contribution in [0, 0.1) is 0 Å². The Hall–Kier alpha value is 0.1000. The molecule has 0 bridgehead atoms. The van der Waals surface area contributed by atoms with Crippen LogP contribution in [0.15, 0.2) is 4.47 Å². The zero-order valence-electron chi connectivity index (χ0n) is 7.18. The van der Waals surface area contributed by atoms with Crippen LogP contribution in [0.2, 0.25) is 10.3 Å². The van der Waals surface area contributed by atoms with Gasteiger partial charge in [-0.1, -0.05) is 23.2 Å². The van der Waals surface area contributed by atoms with Gasteiger partial charge in [-0.2, -0.15) is 0 Å². The van der Waals surface area contributed by atoms with Gasteiger partial charge in [0, 0.05) is 0 Å². The fourth-order valence-corrected chi connectivity index (χ4v) is 1.39. The third-order valence-electron chi connectivity index (χ3n) is 1.27. The molecule has 1 aromatic rings. The molecule has 0 unspecified atom stereocenters. The Morgan fingerprint density at radius 3 is 2.08 bits per heavy atom. The quantitative estimate of drug-likeness (QED) is 0.782. The maximum atomic E-state index is 5.80. The van der Waals surface area contributed by atoms with Gasteiger partial charge in [0.2, 0.25) is 0 Å². The summed E-state index contributed by atoms with van der Waals surface area (Å²) in [5.74, 6) is 0.614. The van der Waals surface area contributed by atoms with Crippen molar-refractivity contribution in [3.8, 4) is 0 Å². The smallest absolute Gasteiger partial charge is 0.148 e. The molecule has 0 aliphatic heterocycles. The summed E-state index contributed by atoms with van der Waals surface area (Å²) in [6.07, 6.45) is 0. The summed E-state index contributed by atoms with van der Waals surface area (Å²) in [5.41, 5.74) is 0. The highest BCUT2D eigenvalue weighted by Crippen LogP contribution is 2.26. The third-order valence-corrected chi connectivity index (χ3v) is 3.03. The van der Waals surface area contributed by atoms with Gasteiger partial charge < -0.3 is 4.90 Å². The Balaban J connectivity index is 2.99. The lowest BCUT2D eigenvalue weighted by molar-refractivity contribution is 0.390. The van der Waals surface area contributed by atoms with Crippen LogP contribution >= 0.6 is 39.1 Å². The molecule has 0 saturated carbocycles. The van der Waals surface area contributed by atoms with Gasteiger partial charge in [0.05, 0.1) is 11.0 Å². The Morgan fingerprint density at radius 2 is 1.69 bits per heavy atom. The van der Waals surface area contributed by atoms with E-state index in [-0.39, 0.29) is 0 Å². The van der Waals surface area contributed by atoms with E-state index < -0.39 is 0 Å². The molecule has 13 heavy (non-hydrogen) atoms. The molecule has 0 atom stereocenters. The van der Waals surface area contributed by atoms with Crippen LogP contribution in [0.4, 0.5) is 0 Å². The van der Waals surface area contributed by atoms with Crippen LogP contribution in [0.1, 0.15) is 5.82 Å². The molecule has 1 rings (SSSR count). The molecule has 0 N–H and O–H groups in total. The maximum absolute atomic E-state index is 5.80. The van der Waals surface area contributed by atoms with E-state index in [1.807, 2.05) is 19.0 Å². The van der Waals surface area contributed by atoms with Crippen molar-refractivity contribution in [2.75, 3.05) is 14.1 Å². The number of nitrogens with zero attached hydrogens (tertiary/aromatic N) is 3. The fourth-order valence-electron chi connectivity index (χ4n) is 0.788. The summed E-state index contributed by atoms with van der Waals surface area (Å²) >= 11 is 14.8. The van der Waals surface area contributed by atoms with E-state index in [0.717, 1.165) is 0 Å². The summed E-state index contributed by atoms with van der Waals surface area (Å²) in [4.78, 5) is 10.1. The van der Waals surface area contributed by atoms with E-state index in [0.29, 0.717) is 27.1 Å². The molecule has 1 heterocycles. The first-order chi connectivity index (χ1) is 6.00. The van der Waals surface area contributed by atoms with Gasteiger partial charge in [0.25, 0.3) is 0 Å². The van der Waals surface area contributed by atoms with E-state index in [4.69, 9.17) is 23.2 Å². The Bertz CT molecular complexity index is 294. The molecule has 0 radical (unpaired) electrons. The van der Waals surface area contributed by atoms with Gasteiger partial charge in [-0.25, -0.2) is 9.97 Å². The standard InChI is InChI=1S/C7H8BrCl2N3/c1-13(2)3-4-11-6(9)5(8)7(10)12-4/h3H2,1-2H3. The van der Waals surface area contributed by atoms with Crippen molar-refractivity contribution in [3.05, 3.63) is 20.6 Å². The van der Waals surface area contributed by atoms with Crippen LogP contribution in [-0.4, -0.2) is 29.0 Å². The van der Waals surface area contributed by atoms with Crippen LogP contribution in [0.3, 0.4) is 0 Å². The highest BCUT2D eigenvalue weighted by Gasteiger charge is 2.08. The Kier molecular flexibility index (Phi) is 3.91. The molecule has 0 saturated heterocycles. The first kappa shape index (κ1) is 11.2. The van der Waals surface area contributed by atoms with Crippen molar-refractivity contribution in [1.29, 1.82) is 0 Å². The number of hydrogen-bond acceptors (Lipinski definition) is 3. The Morgan fingerprint density at radius 1 is 1.23 bits per heavy atom.